The number of rotatable bonds is 2. The molecule has 6 heteroatoms. The SMILES string of the molecule is CC1=NN(C)C(=O)C1N(O)c1cccc(F)c1. The number of anilines is 1. The molecule has 1 aliphatic heterocycles. The van der Waals surface area contributed by atoms with Crippen molar-refractivity contribution in [2.45, 2.75) is 13.0 Å². The first kappa shape index (κ1) is 11.5. The van der Waals surface area contributed by atoms with Crippen LogP contribution < -0.4 is 5.06 Å². The highest BCUT2D eigenvalue weighted by molar-refractivity contribution is 6.12. The van der Waals surface area contributed by atoms with Crippen molar-refractivity contribution in [2.24, 2.45) is 5.10 Å². The van der Waals surface area contributed by atoms with E-state index in [4.69, 9.17) is 0 Å². The van der Waals surface area contributed by atoms with Crippen LogP contribution in [0.1, 0.15) is 6.92 Å². The highest BCUT2D eigenvalue weighted by Crippen LogP contribution is 2.20. The zero-order valence-corrected chi connectivity index (χ0v) is 9.46. The third kappa shape index (κ3) is 1.99. The summed E-state index contributed by atoms with van der Waals surface area (Å²) in [6.07, 6.45) is 0. The molecule has 0 radical (unpaired) electrons. The zero-order valence-electron chi connectivity index (χ0n) is 9.46. The zero-order chi connectivity index (χ0) is 12.6. The Morgan fingerprint density at radius 1 is 1.53 bits per heavy atom. The molecule has 1 atom stereocenters. The number of carbonyl (C=O) groups excluding carboxylic acids is 1. The predicted octanol–water partition coefficient (Wildman–Crippen LogP) is 1.24. The molecule has 0 fully saturated rings. The second kappa shape index (κ2) is 4.14. The summed E-state index contributed by atoms with van der Waals surface area (Å²) < 4.78 is 13.0. The molecule has 1 aliphatic rings. The van der Waals surface area contributed by atoms with Gasteiger partial charge in [0.1, 0.15) is 5.82 Å². The summed E-state index contributed by atoms with van der Waals surface area (Å²) in [6, 6.07) is 4.51. The average Bonchev–Trinajstić information content (AvgIpc) is 2.52. The van der Waals surface area contributed by atoms with Crippen LogP contribution in [-0.2, 0) is 4.79 Å². The molecule has 1 heterocycles. The predicted molar refractivity (Wildman–Crippen MR) is 60.3 cm³/mol. The van der Waals surface area contributed by atoms with Gasteiger partial charge in [-0.1, -0.05) is 6.07 Å². The van der Waals surface area contributed by atoms with Gasteiger partial charge < -0.3 is 0 Å². The lowest BCUT2D eigenvalue weighted by atomic mass is 10.1. The summed E-state index contributed by atoms with van der Waals surface area (Å²) in [5, 5.41) is 15.8. The van der Waals surface area contributed by atoms with Gasteiger partial charge in [-0.3, -0.25) is 10.0 Å². The van der Waals surface area contributed by atoms with Gasteiger partial charge in [-0.05, 0) is 25.1 Å². The van der Waals surface area contributed by atoms with Crippen LogP contribution >= 0.6 is 0 Å². The Hall–Kier alpha value is -1.95. The molecule has 1 aromatic carbocycles. The fourth-order valence-corrected chi connectivity index (χ4v) is 1.75. The quantitative estimate of drug-likeness (QED) is 0.787. The molecule has 17 heavy (non-hydrogen) atoms. The third-order valence-corrected chi connectivity index (χ3v) is 2.57. The van der Waals surface area contributed by atoms with Gasteiger partial charge in [-0.25, -0.2) is 14.5 Å². The maximum absolute atomic E-state index is 13.0. The van der Waals surface area contributed by atoms with E-state index in [0.29, 0.717) is 5.71 Å². The fourth-order valence-electron chi connectivity index (χ4n) is 1.75. The van der Waals surface area contributed by atoms with Crippen LogP contribution in [0.3, 0.4) is 0 Å². The number of nitrogens with zero attached hydrogens (tertiary/aromatic N) is 3. The van der Waals surface area contributed by atoms with Crippen LogP contribution in [0.2, 0.25) is 0 Å². The Morgan fingerprint density at radius 2 is 2.24 bits per heavy atom. The highest BCUT2D eigenvalue weighted by Gasteiger charge is 2.36. The smallest absolute Gasteiger partial charge is 0.273 e. The molecule has 0 bridgehead atoms. The number of hydrogen-bond acceptors (Lipinski definition) is 4. The fraction of sp³-hybridized carbons (Fsp3) is 0.273. The molecule has 0 aromatic heterocycles. The van der Waals surface area contributed by atoms with Gasteiger partial charge >= 0.3 is 0 Å². The van der Waals surface area contributed by atoms with E-state index in [-0.39, 0.29) is 11.6 Å². The van der Waals surface area contributed by atoms with Crippen LogP contribution in [0.15, 0.2) is 29.4 Å². The molecule has 90 valence electrons. The van der Waals surface area contributed by atoms with Gasteiger partial charge in [0.2, 0.25) is 0 Å². The van der Waals surface area contributed by atoms with E-state index in [1.165, 1.54) is 25.2 Å². The van der Waals surface area contributed by atoms with Crippen molar-refractivity contribution < 1.29 is 14.4 Å². The standard InChI is InChI=1S/C11H12FN3O2/c1-7-10(11(16)14(2)13-7)15(17)9-5-3-4-8(12)6-9/h3-6,10,17H,1-2H3. The highest BCUT2D eigenvalue weighted by atomic mass is 19.1. The van der Waals surface area contributed by atoms with E-state index in [0.717, 1.165) is 16.1 Å². The van der Waals surface area contributed by atoms with Crippen LogP contribution in [0, 0.1) is 5.82 Å². The summed E-state index contributed by atoms with van der Waals surface area (Å²) in [5.74, 6) is -0.829. The molecule has 1 unspecified atom stereocenters. The molecule has 0 saturated carbocycles. The van der Waals surface area contributed by atoms with E-state index in [1.54, 1.807) is 6.92 Å². The molecule has 0 aliphatic carbocycles. The summed E-state index contributed by atoms with van der Waals surface area (Å²) in [6.45, 7) is 1.63. The van der Waals surface area contributed by atoms with Crippen molar-refractivity contribution in [3.05, 3.63) is 30.1 Å². The Kier molecular flexibility index (Phi) is 2.81. The number of hydrazone groups is 1. The molecule has 2 rings (SSSR count). The van der Waals surface area contributed by atoms with Crippen molar-refractivity contribution in [2.75, 3.05) is 12.1 Å². The molecule has 1 amide bonds. The summed E-state index contributed by atoms with van der Waals surface area (Å²) >= 11 is 0. The number of amides is 1. The number of benzene rings is 1. The van der Waals surface area contributed by atoms with Crippen molar-refractivity contribution in [3.63, 3.8) is 0 Å². The van der Waals surface area contributed by atoms with Gasteiger partial charge in [-0.15, -0.1) is 0 Å². The largest absolute Gasteiger partial charge is 0.287 e. The van der Waals surface area contributed by atoms with Gasteiger partial charge in [-0.2, -0.15) is 5.10 Å². The van der Waals surface area contributed by atoms with Crippen molar-refractivity contribution in [1.82, 2.24) is 5.01 Å². The van der Waals surface area contributed by atoms with Crippen molar-refractivity contribution in [1.29, 1.82) is 0 Å². The molecule has 5 nitrogen and oxygen atoms in total. The number of hydrogen-bond donors (Lipinski definition) is 1. The van der Waals surface area contributed by atoms with Gasteiger partial charge in [0.05, 0.1) is 11.4 Å². The van der Waals surface area contributed by atoms with E-state index in [2.05, 4.69) is 5.10 Å². The third-order valence-electron chi connectivity index (χ3n) is 2.57. The van der Waals surface area contributed by atoms with Crippen LogP contribution in [0.4, 0.5) is 10.1 Å². The monoisotopic (exact) mass is 237 g/mol. The van der Waals surface area contributed by atoms with E-state index < -0.39 is 11.9 Å². The van der Waals surface area contributed by atoms with Gasteiger partial charge in [0.15, 0.2) is 6.04 Å². The van der Waals surface area contributed by atoms with Gasteiger partial charge in [0, 0.05) is 7.05 Å². The molecule has 0 spiro atoms. The first-order chi connectivity index (χ1) is 8.00. The van der Waals surface area contributed by atoms with Gasteiger partial charge in [0.25, 0.3) is 5.91 Å². The summed E-state index contributed by atoms with van der Waals surface area (Å²) in [4.78, 5) is 11.7. The molecular formula is C11H12FN3O2. The normalized spacial score (nSPS) is 19.5. The van der Waals surface area contributed by atoms with Crippen molar-refractivity contribution in [3.8, 4) is 0 Å². The van der Waals surface area contributed by atoms with Crippen LogP contribution in [0.25, 0.3) is 0 Å². The first-order valence-electron chi connectivity index (χ1n) is 5.07. The number of halogens is 1. The number of likely N-dealkylation sites (N-methyl/N-ethyl adjacent to an activating group) is 1. The van der Waals surface area contributed by atoms with E-state index in [1.807, 2.05) is 0 Å². The topological polar surface area (TPSA) is 56.1 Å². The lowest BCUT2D eigenvalue weighted by molar-refractivity contribution is -0.129. The second-order valence-corrected chi connectivity index (χ2v) is 3.83. The summed E-state index contributed by atoms with van der Waals surface area (Å²) in [7, 11) is 1.51. The average molecular weight is 237 g/mol. The second-order valence-electron chi connectivity index (χ2n) is 3.83. The molecule has 0 saturated heterocycles. The van der Waals surface area contributed by atoms with E-state index >= 15 is 0 Å². The maximum atomic E-state index is 13.0. The lowest BCUT2D eigenvalue weighted by Gasteiger charge is -2.22. The lowest BCUT2D eigenvalue weighted by Crippen LogP contribution is -2.43. The Bertz CT molecular complexity index is 489. The summed E-state index contributed by atoms with van der Waals surface area (Å²) in [5.41, 5.74) is 0.678. The van der Waals surface area contributed by atoms with Crippen LogP contribution in [-0.4, -0.2) is 34.9 Å². The minimum Gasteiger partial charge on any atom is -0.287 e. The Labute approximate surface area is 97.7 Å². The minimum absolute atomic E-state index is 0.216. The van der Waals surface area contributed by atoms with Crippen molar-refractivity contribution >= 4 is 17.3 Å². The molecule has 1 N–H and O–H groups in total. The number of hydroxylamine groups is 1. The minimum atomic E-state index is -0.887. The van der Waals surface area contributed by atoms with E-state index in [9.17, 15) is 14.4 Å². The number of carbonyl (C=O) groups is 1. The Morgan fingerprint density at radius 3 is 2.76 bits per heavy atom. The first-order valence-corrected chi connectivity index (χ1v) is 5.07. The van der Waals surface area contributed by atoms with Crippen LogP contribution in [0.5, 0.6) is 0 Å². The molecular weight excluding hydrogens is 225 g/mol. The molecule has 1 aromatic rings. The maximum Gasteiger partial charge on any atom is 0.273 e. The Balaban J connectivity index is 2.30.